The van der Waals surface area contributed by atoms with Crippen LogP contribution in [0.15, 0.2) is 6.07 Å². The van der Waals surface area contributed by atoms with Gasteiger partial charge in [0.15, 0.2) is 0 Å². The van der Waals surface area contributed by atoms with Crippen LogP contribution >= 0.6 is 0 Å². The van der Waals surface area contributed by atoms with Crippen LogP contribution in [0.1, 0.15) is 48.8 Å². The second-order valence-electron chi connectivity index (χ2n) is 5.37. The number of H-pyrrole nitrogens is 1. The van der Waals surface area contributed by atoms with E-state index in [0.29, 0.717) is 24.7 Å². The van der Waals surface area contributed by atoms with Crippen LogP contribution in [-0.2, 0) is 0 Å². The van der Waals surface area contributed by atoms with Crippen LogP contribution in [0, 0.1) is 12.8 Å². The molecule has 1 fully saturated rings. The smallest absolute Gasteiger partial charge is 0.274 e. The van der Waals surface area contributed by atoms with Gasteiger partial charge < -0.3 is 10.6 Å². The number of aromatic nitrogens is 2. The Kier molecular flexibility index (Phi) is 4.58. The van der Waals surface area contributed by atoms with Crippen molar-refractivity contribution in [1.82, 2.24) is 15.1 Å². The minimum Gasteiger partial charge on any atom is -0.334 e. The zero-order chi connectivity index (χ0) is 13.8. The summed E-state index contributed by atoms with van der Waals surface area (Å²) in [6.45, 7) is 5.31. The fourth-order valence-electron chi connectivity index (χ4n) is 3.08. The second-order valence-corrected chi connectivity index (χ2v) is 5.37. The van der Waals surface area contributed by atoms with Gasteiger partial charge in [-0.2, -0.15) is 5.10 Å². The SMILES string of the molecule is CCN(C(=O)c1cc(C)[nH]n1)C1CCCCC1CN. The van der Waals surface area contributed by atoms with Gasteiger partial charge in [0.1, 0.15) is 5.69 Å². The van der Waals surface area contributed by atoms with Crippen LogP contribution in [0.25, 0.3) is 0 Å². The van der Waals surface area contributed by atoms with Crippen LogP contribution in [0.4, 0.5) is 0 Å². The molecule has 1 aromatic heterocycles. The molecule has 0 bridgehead atoms. The van der Waals surface area contributed by atoms with Crippen molar-refractivity contribution in [3.63, 3.8) is 0 Å². The first-order chi connectivity index (χ1) is 9.17. The number of nitrogens with zero attached hydrogens (tertiary/aromatic N) is 2. The lowest BCUT2D eigenvalue weighted by molar-refractivity contribution is 0.0554. The number of aromatic amines is 1. The third-order valence-electron chi connectivity index (χ3n) is 4.10. The molecule has 1 aliphatic rings. The predicted molar refractivity (Wildman–Crippen MR) is 74.8 cm³/mol. The Morgan fingerprint density at radius 3 is 2.84 bits per heavy atom. The van der Waals surface area contributed by atoms with Gasteiger partial charge in [0, 0.05) is 18.3 Å². The quantitative estimate of drug-likeness (QED) is 0.869. The zero-order valence-electron chi connectivity index (χ0n) is 11.9. The molecule has 0 spiro atoms. The van der Waals surface area contributed by atoms with Crippen molar-refractivity contribution in [2.75, 3.05) is 13.1 Å². The van der Waals surface area contributed by atoms with Gasteiger partial charge in [0.25, 0.3) is 5.91 Å². The van der Waals surface area contributed by atoms with E-state index in [2.05, 4.69) is 10.2 Å². The monoisotopic (exact) mass is 264 g/mol. The van der Waals surface area contributed by atoms with Crippen molar-refractivity contribution in [1.29, 1.82) is 0 Å². The van der Waals surface area contributed by atoms with Gasteiger partial charge in [0.05, 0.1) is 0 Å². The fourth-order valence-corrected chi connectivity index (χ4v) is 3.08. The summed E-state index contributed by atoms with van der Waals surface area (Å²) in [6, 6.07) is 2.08. The second kappa shape index (κ2) is 6.19. The first kappa shape index (κ1) is 14.1. The van der Waals surface area contributed by atoms with Crippen LogP contribution in [0.2, 0.25) is 0 Å². The average Bonchev–Trinajstić information content (AvgIpc) is 2.86. The first-order valence-corrected chi connectivity index (χ1v) is 7.20. The largest absolute Gasteiger partial charge is 0.334 e. The van der Waals surface area contributed by atoms with E-state index in [0.717, 1.165) is 18.5 Å². The highest BCUT2D eigenvalue weighted by Gasteiger charge is 2.32. The molecule has 0 aromatic carbocycles. The van der Waals surface area contributed by atoms with Crippen molar-refractivity contribution in [3.8, 4) is 0 Å². The maximum Gasteiger partial charge on any atom is 0.274 e. The Bertz CT molecular complexity index is 429. The molecule has 2 unspecified atom stereocenters. The summed E-state index contributed by atoms with van der Waals surface area (Å²) in [5, 5.41) is 6.92. The fraction of sp³-hybridized carbons (Fsp3) is 0.714. The van der Waals surface area contributed by atoms with E-state index in [-0.39, 0.29) is 11.9 Å². The molecular formula is C14H24N4O. The Hall–Kier alpha value is -1.36. The minimum absolute atomic E-state index is 0.0252. The highest BCUT2D eigenvalue weighted by Crippen LogP contribution is 2.28. The van der Waals surface area contributed by atoms with E-state index in [1.807, 2.05) is 24.8 Å². The number of carbonyl (C=O) groups is 1. The molecule has 19 heavy (non-hydrogen) atoms. The normalized spacial score (nSPS) is 23.3. The van der Waals surface area contributed by atoms with Gasteiger partial charge in [-0.1, -0.05) is 12.8 Å². The van der Waals surface area contributed by atoms with Crippen molar-refractivity contribution < 1.29 is 4.79 Å². The average molecular weight is 264 g/mol. The molecule has 1 aliphatic carbocycles. The molecule has 1 saturated carbocycles. The zero-order valence-corrected chi connectivity index (χ0v) is 11.9. The number of nitrogens with two attached hydrogens (primary N) is 1. The van der Waals surface area contributed by atoms with E-state index in [4.69, 9.17) is 5.73 Å². The molecule has 0 aliphatic heterocycles. The molecule has 0 radical (unpaired) electrons. The van der Waals surface area contributed by atoms with E-state index >= 15 is 0 Å². The molecular weight excluding hydrogens is 240 g/mol. The van der Waals surface area contributed by atoms with Gasteiger partial charge in [-0.05, 0) is 45.2 Å². The standard InChI is InChI=1S/C14H24N4O/c1-3-18(13-7-5-4-6-11(13)9-15)14(19)12-8-10(2)16-17-12/h8,11,13H,3-7,9,15H2,1-2H3,(H,16,17). The summed E-state index contributed by atoms with van der Waals surface area (Å²) >= 11 is 0. The van der Waals surface area contributed by atoms with E-state index in [1.165, 1.54) is 12.8 Å². The molecule has 3 N–H and O–H groups in total. The number of hydrogen-bond acceptors (Lipinski definition) is 3. The van der Waals surface area contributed by atoms with Crippen molar-refractivity contribution in [3.05, 3.63) is 17.5 Å². The summed E-state index contributed by atoms with van der Waals surface area (Å²) in [5.74, 6) is 0.454. The van der Waals surface area contributed by atoms with E-state index in [9.17, 15) is 4.79 Å². The maximum atomic E-state index is 12.6. The number of aryl methyl sites for hydroxylation is 1. The summed E-state index contributed by atoms with van der Waals surface area (Å²) in [5.41, 5.74) is 7.30. The van der Waals surface area contributed by atoms with E-state index < -0.39 is 0 Å². The highest BCUT2D eigenvalue weighted by molar-refractivity contribution is 5.92. The van der Waals surface area contributed by atoms with Gasteiger partial charge in [-0.15, -0.1) is 0 Å². The first-order valence-electron chi connectivity index (χ1n) is 7.20. The number of amides is 1. The number of rotatable bonds is 4. The maximum absolute atomic E-state index is 12.6. The molecule has 1 aromatic rings. The third kappa shape index (κ3) is 2.97. The highest BCUT2D eigenvalue weighted by atomic mass is 16.2. The Morgan fingerprint density at radius 2 is 2.26 bits per heavy atom. The molecule has 0 saturated heterocycles. The summed E-state index contributed by atoms with van der Waals surface area (Å²) < 4.78 is 0. The Morgan fingerprint density at radius 1 is 1.53 bits per heavy atom. The van der Waals surface area contributed by atoms with Crippen molar-refractivity contribution >= 4 is 5.91 Å². The lowest BCUT2D eigenvalue weighted by atomic mass is 9.83. The molecule has 1 heterocycles. The minimum atomic E-state index is 0.0252. The Balaban J connectivity index is 2.16. The summed E-state index contributed by atoms with van der Waals surface area (Å²) in [4.78, 5) is 14.5. The topological polar surface area (TPSA) is 75.0 Å². The number of hydrogen-bond donors (Lipinski definition) is 2. The third-order valence-corrected chi connectivity index (χ3v) is 4.10. The van der Waals surface area contributed by atoms with Gasteiger partial charge in [-0.3, -0.25) is 9.89 Å². The van der Waals surface area contributed by atoms with Gasteiger partial charge in [0.2, 0.25) is 0 Å². The van der Waals surface area contributed by atoms with Crippen LogP contribution < -0.4 is 5.73 Å². The Labute approximate surface area is 114 Å². The van der Waals surface area contributed by atoms with E-state index in [1.54, 1.807) is 0 Å². The van der Waals surface area contributed by atoms with Crippen LogP contribution in [-0.4, -0.2) is 40.1 Å². The van der Waals surface area contributed by atoms with Crippen molar-refractivity contribution in [2.45, 2.75) is 45.6 Å². The van der Waals surface area contributed by atoms with Crippen LogP contribution in [0.5, 0.6) is 0 Å². The molecule has 1 amide bonds. The molecule has 2 atom stereocenters. The number of nitrogens with one attached hydrogen (secondary N) is 1. The molecule has 5 heteroatoms. The predicted octanol–water partition coefficient (Wildman–Crippen LogP) is 1.70. The molecule has 2 rings (SSSR count). The number of carbonyl (C=O) groups excluding carboxylic acids is 1. The van der Waals surface area contributed by atoms with Gasteiger partial charge in [-0.25, -0.2) is 0 Å². The lowest BCUT2D eigenvalue weighted by Crippen LogP contribution is -2.48. The lowest BCUT2D eigenvalue weighted by Gasteiger charge is -2.38. The summed E-state index contributed by atoms with van der Waals surface area (Å²) in [6.07, 6.45) is 4.60. The summed E-state index contributed by atoms with van der Waals surface area (Å²) in [7, 11) is 0. The van der Waals surface area contributed by atoms with Gasteiger partial charge >= 0.3 is 0 Å². The van der Waals surface area contributed by atoms with Crippen molar-refractivity contribution in [2.24, 2.45) is 11.7 Å². The molecule has 5 nitrogen and oxygen atoms in total. The molecule has 106 valence electrons. The van der Waals surface area contributed by atoms with Crippen LogP contribution in [0.3, 0.4) is 0 Å².